The van der Waals surface area contributed by atoms with E-state index in [1.807, 2.05) is 10.7 Å². The van der Waals surface area contributed by atoms with Gasteiger partial charge in [-0.25, -0.2) is 4.98 Å². The quantitative estimate of drug-likeness (QED) is 0.773. The number of H-pyrrole nitrogens is 1. The summed E-state index contributed by atoms with van der Waals surface area (Å²) in [5, 5.41) is 8.00. The van der Waals surface area contributed by atoms with E-state index in [1.54, 1.807) is 11.8 Å². The van der Waals surface area contributed by atoms with Crippen molar-refractivity contribution in [2.75, 3.05) is 0 Å². The Kier molecular flexibility index (Phi) is 4.00. The van der Waals surface area contributed by atoms with Gasteiger partial charge in [-0.2, -0.15) is 4.63 Å². The minimum Gasteiger partial charge on any atom is -0.279 e. The Morgan fingerprint density at radius 3 is 2.55 bits per heavy atom. The number of benzene rings is 1. The summed E-state index contributed by atoms with van der Waals surface area (Å²) in [6.07, 6.45) is 1.97. The van der Waals surface area contributed by atoms with Crippen LogP contribution < -0.4 is 0 Å². The summed E-state index contributed by atoms with van der Waals surface area (Å²) in [5.74, 6) is 0.907. The maximum atomic E-state index is 4.73. The molecule has 0 saturated carbocycles. The van der Waals surface area contributed by atoms with Crippen molar-refractivity contribution in [3.8, 4) is 0 Å². The highest BCUT2D eigenvalue weighted by atomic mass is 32.2. The Morgan fingerprint density at radius 1 is 1.18 bits per heavy atom. The molecule has 116 valence electrons. The molecule has 22 heavy (non-hydrogen) atoms. The number of nitrogens with one attached hydrogen (secondary N) is 1. The first kappa shape index (κ1) is 15.2. The molecule has 0 unspecified atom stereocenters. The summed E-state index contributed by atoms with van der Waals surface area (Å²) in [7, 11) is 0. The highest BCUT2D eigenvalue weighted by molar-refractivity contribution is 7.99. The van der Waals surface area contributed by atoms with Gasteiger partial charge in [0.25, 0.3) is 0 Å². The summed E-state index contributed by atoms with van der Waals surface area (Å²) in [6.45, 7) is 8.77. The molecule has 1 aromatic carbocycles. The fourth-order valence-corrected chi connectivity index (χ4v) is 3.60. The number of hydrogen-bond acceptors (Lipinski definition) is 3. The Morgan fingerprint density at radius 2 is 1.91 bits per heavy atom. The van der Waals surface area contributed by atoms with E-state index in [-0.39, 0.29) is 5.41 Å². The number of fused-ring (bicyclic) bond motifs is 1. The van der Waals surface area contributed by atoms with Crippen LogP contribution in [0, 0.1) is 0 Å². The number of aromatic amines is 1. The first-order valence-corrected chi connectivity index (χ1v) is 8.51. The fraction of sp³-hybridized carbons (Fsp3) is 0.412. The van der Waals surface area contributed by atoms with E-state index < -0.39 is 0 Å². The van der Waals surface area contributed by atoms with Crippen LogP contribution in [-0.2, 0) is 11.8 Å². The predicted octanol–water partition coefficient (Wildman–Crippen LogP) is 4.46. The SMILES string of the molecule is CCCc1nc2c(Sc3ccccc3)c(C(C)(C)C)[nH]n2n1. The molecule has 0 aliphatic heterocycles. The van der Waals surface area contributed by atoms with Gasteiger partial charge in [0.2, 0.25) is 0 Å². The van der Waals surface area contributed by atoms with Crippen molar-refractivity contribution in [2.45, 2.75) is 55.7 Å². The monoisotopic (exact) mass is 314 g/mol. The van der Waals surface area contributed by atoms with Crippen LogP contribution in [0.2, 0.25) is 0 Å². The van der Waals surface area contributed by atoms with Gasteiger partial charge in [0.15, 0.2) is 11.5 Å². The minimum atomic E-state index is 0.0183. The summed E-state index contributed by atoms with van der Waals surface area (Å²) in [4.78, 5) is 7.12. The standard InChI is InChI=1S/C17H22N4S/c1-5-9-13-18-16-14(22-12-10-7-6-8-11-12)15(17(2,3)4)20-21(16)19-13/h6-8,10-11,20H,5,9H2,1-4H3. The molecule has 0 aliphatic carbocycles. The van der Waals surface area contributed by atoms with E-state index in [2.05, 4.69) is 62.2 Å². The molecule has 0 spiro atoms. The van der Waals surface area contributed by atoms with Crippen molar-refractivity contribution in [2.24, 2.45) is 0 Å². The van der Waals surface area contributed by atoms with Gasteiger partial charge in [0.05, 0.1) is 10.6 Å². The lowest BCUT2D eigenvalue weighted by Gasteiger charge is -2.18. The van der Waals surface area contributed by atoms with Gasteiger partial charge in [-0.1, -0.05) is 57.7 Å². The zero-order chi connectivity index (χ0) is 15.7. The number of hydrogen-bond donors (Lipinski definition) is 1. The second-order valence-electron chi connectivity index (χ2n) is 6.49. The summed E-state index contributed by atoms with van der Waals surface area (Å²) < 4.78 is 1.83. The third-order valence-electron chi connectivity index (χ3n) is 3.49. The van der Waals surface area contributed by atoms with Crippen molar-refractivity contribution in [3.05, 3.63) is 41.9 Å². The van der Waals surface area contributed by atoms with Crippen molar-refractivity contribution in [1.29, 1.82) is 0 Å². The van der Waals surface area contributed by atoms with E-state index in [0.717, 1.165) is 24.3 Å². The van der Waals surface area contributed by atoms with E-state index >= 15 is 0 Å². The Balaban J connectivity index is 2.10. The first-order valence-electron chi connectivity index (χ1n) is 7.70. The highest BCUT2D eigenvalue weighted by Gasteiger charge is 2.25. The molecule has 0 bridgehead atoms. The van der Waals surface area contributed by atoms with Crippen molar-refractivity contribution in [1.82, 2.24) is 19.8 Å². The van der Waals surface area contributed by atoms with Crippen molar-refractivity contribution < 1.29 is 0 Å². The Hall–Kier alpha value is -1.75. The molecule has 5 heteroatoms. The molecule has 0 amide bonds. The van der Waals surface area contributed by atoms with Crippen molar-refractivity contribution in [3.63, 3.8) is 0 Å². The van der Waals surface area contributed by atoms with Gasteiger partial charge in [-0.05, 0) is 18.6 Å². The van der Waals surface area contributed by atoms with Crippen LogP contribution in [-0.4, -0.2) is 19.8 Å². The maximum absolute atomic E-state index is 4.73. The molecule has 3 aromatic rings. The van der Waals surface area contributed by atoms with Gasteiger partial charge in [-0.15, -0.1) is 5.10 Å². The molecule has 0 saturated heterocycles. The summed E-state index contributed by atoms with van der Waals surface area (Å²) >= 11 is 1.75. The van der Waals surface area contributed by atoms with Gasteiger partial charge in [0.1, 0.15) is 0 Å². The molecule has 0 aliphatic rings. The highest BCUT2D eigenvalue weighted by Crippen LogP contribution is 2.38. The smallest absolute Gasteiger partial charge is 0.189 e. The lowest BCUT2D eigenvalue weighted by Crippen LogP contribution is -2.13. The summed E-state index contributed by atoms with van der Waals surface area (Å²) in [6, 6.07) is 10.4. The fourth-order valence-electron chi connectivity index (χ4n) is 2.39. The molecule has 0 atom stereocenters. The van der Waals surface area contributed by atoms with E-state index in [0.29, 0.717) is 0 Å². The number of rotatable bonds is 4. The van der Waals surface area contributed by atoms with E-state index in [9.17, 15) is 0 Å². The second-order valence-corrected chi connectivity index (χ2v) is 7.58. The second kappa shape index (κ2) is 5.80. The van der Waals surface area contributed by atoms with Gasteiger partial charge in [-0.3, -0.25) is 5.10 Å². The maximum Gasteiger partial charge on any atom is 0.189 e. The third kappa shape index (κ3) is 2.90. The molecule has 3 rings (SSSR count). The van der Waals surface area contributed by atoms with Crippen LogP contribution >= 0.6 is 11.8 Å². The molecular weight excluding hydrogens is 292 g/mol. The zero-order valence-electron chi connectivity index (χ0n) is 13.6. The molecule has 0 fully saturated rings. The molecule has 0 radical (unpaired) electrons. The van der Waals surface area contributed by atoms with Crippen LogP contribution in [0.3, 0.4) is 0 Å². The average molecular weight is 314 g/mol. The molecule has 2 aromatic heterocycles. The Bertz CT molecular complexity index is 765. The summed E-state index contributed by atoms with van der Waals surface area (Å²) in [5.41, 5.74) is 2.13. The minimum absolute atomic E-state index is 0.0183. The third-order valence-corrected chi connectivity index (χ3v) is 4.58. The number of aryl methyl sites for hydroxylation is 1. The van der Waals surface area contributed by atoms with Crippen LogP contribution in [0.4, 0.5) is 0 Å². The topological polar surface area (TPSA) is 46.0 Å². The predicted molar refractivity (Wildman–Crippen MR) is 90.6 cm³/mol. The molecule has 1 N–H and O–H groups in total. The van der Waals surface area contributed by atoms with Gasteiger partial charge >= 0.3 is 0 Å². The normalized spacial score (nSPS) is 12.2. The number of nitrogens with zero attached hydrogens (tertiary/aromatic N) is 3. The lowest BCUT2D eigenvalue weighted by molar-refractivity contribution is 0.546. The first-order chi connectivity index (χ1) is 10.5. The van der Waals surface area contributed by atoms with Crippen molar-refractivity contribution >= 4 is 17.4 Å². The van der Waals surface area contributed by atoms with Gasteiger partial charge < -0.3 is 0 Å². The van der Waals surface area contributed by atoms with Crippen LogP contribution in [0.1, 0.15) is 45.6 Å². The lowest BCUT2D eigenvalue weighted by atomic mass is 9.92. The van der Waals surface area contributed by atoms with E-state index in [1.165, 1.54) is 15.5 Å². The van der Waals surface area contributed by atoms with Crippen LogP contribution in [0.25, 0.3) is 5.65 Å². The molecular formula is C17H22N4S. The zero-order valence-corrected chi connectivity index (χ0v) is 14.4. The molecule has 2 heterocycles. The molecule has 4 nitrogen and oxygen atoms in total. The number of aromatic nitrogens is 4. The Labute approximate surface area is 135 Å². The van der Waals surface area contributed by atoms with Crippen LogP contribution in [0.5, 0.6) is 0 Å². The van der Waals surface area contributed by atoms with Crippen LogP contribution in [0.15, 0.2) is 40.1 Å². The van der Waals surface area contributed by atoms with E-state index in [4.69, 9.17) is 4.98 Å². The largest absolute Gasteiger partial charge is 0.279 e. The average Bonchev–Trinajstić information content (AvgIpc) is 2.99. The van der Waals surface area contributed by atoms with Gasteiger partial charge in [0, 0.05) is 16.7 Å².